The van der Waals surface area contributed by atoms with Crippen molar-refractivity contribution in [3.63, 3.8) is 0 Å². The Balaban J connectivity index is 3.81. The van der Waals surface area contributed by atoms with Gasteiger partial charge in [0.1, 0.15) is 6.61 Å². The molecule has 0 radical (unpaired) electrons. The minimum atomic E-state index is 0.597. The van der Waals surface area contributed by atoms with Crippen LogP contribution in [0.3, 0.4) is 0 Å². The molecular weight excluding hydrogens is 164 g/mol. The first-order valence-electron chi connectivity index (χ1n) is 4.30. The molecule has 0 unspecified atom stereocenters. The lowest BCUT2D eigenvalue weighted by atomic mass is 10.3. The SMILES string of the molecule is C=C/C(C)=C\C=C(/C)OCCOC. The van der Waals surface area contributed by atoms with Crippen LogP contribution in [0, 0.1) is 0 Å². The molecule has 0 saturated carbocycles. The topological polar surface area (TPSA) is 18.5 Å². The molecule has 0 aliphatic rings. The lowest BCUT2D eigenvalue weighted by Crippen LogP contribution is -1.99. The van der Waals surface area contributed by atoms with Gasteiger partial charge in [-0.2, -0.15) is 0 Å². The Morgan fingerprint density at radius 3 is 2.46 bits per heavy atom. The Kier molecular flexibility index (Phi) is 7.02. The average Bonchev–Trinajstić information content (AvgIpc) is 2.14. The Bertz CT molecular complexity index is 202. The molecule has 0 amide bonds. The smallest absolute Gasteiger partial charge is 0.111 e. The number of hydrogen-bond donors (Lipinski definition) is 0. The summed E-state index contributed by atoms with van der Waals surface area (Å²) in [5.41, 5.74) is 1.12. The van der Waals surface area contributed by atoms with E-state index in [1.807, 2.05) is 26.0 Å². The molecule has 0 aromatic rings. The van der Waals surface area contributed by atoms with Gasteiger partial charge in [-0.3, -0.25) is 0 Å². The highest BCUT2D eigenvalue weighted by Gasteiger charge is 1.87. The van der Waals surface area contributed by atoms with Crippen molar-refractivity contribution in [1.82, 2.24) is 0 Å². The predicted molar refractivity (Wildman–Crippen MR) is 55.5 cm³/mol. The van der Waals surface area contributed by atoms with Crippen molar-refractivity contribution in [3.8, 4) is 0 Å². The highest BCUT2D eigenvalue weighted by Crippen LogP contribution is 1.99. The summed E-state index contributed by atoms with van der Waals surface area (Å²) in [6.07, 6.45) is 5.70. The highest BCUT2D eigenvalue weighted by atomic mass is 16.5. The van der Waals surface area contributed by atoms with E-state index in [9.17, 15) is 0 Å². The number of rotatable bonds is 6. The second-order valence-electron chi connectivity index (χ2n) is 2.73. The molecule has 0 heterocycles. The van der Waals surface area contributed by atoms with Crippen LogP contribution >= 0.6 is 0 Å². The maximum Gasteiger partial charge on any atom is 0.111 e. The van der Waals surface area contributed by atoms with Crippen LogP contribution < -0.4 is 0 Å². The summed E-state index contributed by atoms with van der Waals surface area (Å²) in [5.74, 6) is 0.887. The molecule has 0 saturated heterocycles. The maximum absolute atomic E-state index is 5.33. The van der Waals surface area contributed by atoms with E-state index in [2.05, 4.69) is 6.58 Å². The fourth-order valence-electron chi connectivity index (χ4n) is 0.651. The summed E-state index contributed by atoms with van der Waals surface area (Å²) in [7, 11) is 1.66. The molecule has 0 N–H and O–H groups in total. The van der Waals surface area contributed by atoms with E-state index in [1.54, 1.807) is 13.2 Å². The van der Waals surface area contributed by atoms with Gasteiger partial charge in [0.15, 0.2) is 0 Å². The predicted octanol–water partition coefficient (Wildman–Crippen LogP) is 2.69. The molecule has 0 aliphatic carbocycles. The normalized spacial score (nSPS) is 12.8. The summed E-state index contributed by atoms with van der Waals surface area (Å²) in [4.78, 5) is 0. The van der Waals surface area contributed by atoms with Crippen LogP contribution in [0.1, 0.15) is 13.8 Å². The van der Waals surface area contributed by atoms with Crippen LogP contribution in [0.25, 0.3) is 0 Å². The Morgan fingerprint density at radius 2 is 1.92 bits per heavy atom. The molecule has 74 valence electrons. The fraction of sp³-hybridized carbons (Fsp3) is 0.455. The summed E-state index contributed by atoms with van der Waals surface area (Å²) >= 11 is 0. The first-order chi connectivity index (χ1) is 6.20. The Labute approximate surface area is 80.5 Å². The largest absolute Gasteiger partial charge is 0.496 e. The molecule has 0 fully saturated rings. The van der Waals surface area contributed by atoms with Crippen LogP contribution in [0.4, 0.5) is 0 Å². The quantitative estimate of drug-likeness (QED) is 0.357. The van der Waals surface area contributed by atoms with Crippen molar-refractivity contribution >= 4 is 0 Å². The second kappa shape index (κ2) is 7.62. The molecule has 0 aromatic heterocycles. The molecule has 0 aliphatic heterocycles. The number of hydrogen-bond acceptors (Lipinski definition) is 2. The molecular formula is C11H18O2. The van der Waals surface area contributed by atoms with Gasteiger partial charge in [-0.05, 0) is 19.9 Å². The van der Waals surface area contributed by atoms with Crippen LogP contribution in [-0.2, 0) is 9.47 Å². The molecule has 0 bridgehead atoms. The van der Waals surface area contributed by atoms with Gasteiger partial charge in [0.05, 0.1) is 12.4 Å². The van der Waals surface area contributed by atoms with Gasteiger partial charge in [0.2, 0.25) is 0 Å². The molecule has 2 nitrogen and oxygen atoms in total. The van der Waals surface area contributed by atoms with E-state index in [0.717, 1.165) is 11.3 Å². The van der Waals surface area contributed by atoms with Crippen molar-refractivity contribution in [3.05, 3.63) is 36.1 Å². The van der Waals surface area contributed by atoms with E-state index in [4.69, 9.17) is 9.47 Å². The van der Waals surface area contributed by atoms with Crippen LogP contribution in [0.5, 0.6) is 0 Å². The summed E-state index contributed by atoms with van der Waals surface area (Å²) in [6.45, 7) is 8.78. The standard InChI is InChI=1S/C11H18O2/c1-5-10(2)6-7-11(3)13-9-8-12-4/h5-7H,1,8-9H2,2-4H3/b10-6-,11-7+. The highest BCUT2D eigenvalue weighted by molar-refractivity contribution is 5.20. The fourth-order valence-corrected chi connectivity index (χ4v) is 0.651. The van der Waals surface area contributed by atoms with Crippen molar-refractivity contribution < 1.29 is 9.47 Å². The third-order valence-electron chi connectivity index (χ3n) is 1.52. The monoisotopic (exact) mass is 182 g/mol. The minimum absolute atomic E-state index is 0.597. The van der Waals surface area contributed by atoms with Crippen molar-refractivity contribution in [2.24, 2.45) is 0 Å². The van der Waals surface area contributed by atoms with Crippen molar-refractivity contribution in [2.75, 3.05) is 20.3 Å². The van der Waals surface area contributed by atoms with E-state index < -0.39 is 0 Å². The second-order valence-corrected chi connectivity index (χ2v) is 2.73. The first-order valence-corrected chi connectivity index (χ1v) is 4.30. The molecule has 0 spiro atoms. The van der Waals surface area contributed by atoms with Gasteiger partial charge < -0.3 is 9.47 Å². The van der Waals surface area contributed by atoms with Gasteiger partial charge in [0.25, 0.3) is 0 Å². The van der Waals surface area contributed by atoms with Crippen LogP contribution in [0.15, 0.2) is 36.1 Å². The molecule has 0 rings (SSSR count). The third kappa shape index (κ3) is 7.34. The number of allylic oxidation sites excluding steroid dienone is 5. The summed E-state index contributed by atoms with van der Waals surface area (Å²) < 4.78 is 10.2. The zero-order valence-electron chi connectivity index (χ0n) is 8.67. The van der Waals surface area contributed by atoms with Gasteiger partial charge >= 0.3 is 0 Å². The molecule has 13 heavy (non-hydrogen) atoms. The number of methoxy groups -OCH3 is 1. The lowest BCUT2D eigenvalue weighted by Gasteiger charge is -2.03. The van der Waals surface area contributed by atoms with E-state index in [0.29, 0.717) is 13.2 Å². The zero-order valence-corrected chi connectivity index (χ0v) is 8.67. The lowest BCUT2D eigenvalue weighted by molar-refractivity contribution is 0.110. The summed E-state index contributed by atoms with van der Waals surface area (Å²) in [6, 6.07) is 0. The molecule has 0 aromatic carbocycles. The van der Waals surface area contributed by atoms with E-state index in [-0.39, 0.29) is 0 Å². The Morgan fingerprint density at radius 1 is 1.23 bits per heavy atom. The maximum atomic E-state index is 5.33. The average molecular weight is 182 g/mol. The van der Waals surface area contributed by atoms with Crippen LogP contribution in [0.2, 0.25) is 0 Å². The Hall–Kier alpha value is -1.02. The van der Waals surface area contributed by atoms with E-state index >= 15 is 0 Å². The molecule has 2 heteroatoms. The van der Waals surface area contributed by atoms with Gasteiger partial charge in [-0.25, -0.2) is 0 Å². The van der Waals surface area contributed by atoms with Crippen molar-refractivity contribution in [1.29, 1.82) is 0 Å². The van der Waals surface area contributed by atoms with Crippen LogP contribution in [-0.4, -0.2) is 20.3 Å². The van der Waals surface area contributed by atoms with Gasteiger partial charge in [-0.1, -0.05) is 24.3 Å². The summed E-state index contributed by atoms with van der Waals surface area (Å²) in [5, 5.41) is 0. The minimum Gasteiger partial charge on any atom is -0.496 e. The first kappa shape index (κ1) is 12.0. The van der Waals surface area contributed by atoms with Crippen molar-refractivity contribution in [2.45, 2.75) is 13.8 Å². The van der Waals surface area contributed by atoms with E-state index in [1.165, 1.54) is 0 Å². The van der Waals surface area contributed by atoms with Gasteiger partial charge in [0, 0.05) is 7.11 Å². The number of ether oxygens (including phenoxy) is 2. The zero-order chi connectivity index (χ0) is 10.1. The third-order valence-corrected chi connectivity index (χ3v) is 1.52. The van der Waals surface area contributed by atoms with Gasteiger partial charge in [-0.15, -0.1) is 0 Å². The molecule has 0 atom stereocenters.